The van der Waals surface area contributed by atoms with Gasteiger partial charge in [0.2, 0.25) is 11.8 Å². The molecule has 0 N–H and O–H groups in total. The minimum atomic E-state index is -0.364. The summed E-state index contributed by atoms with van der Waals surface area (Å²) in [5.41, 5.74) is 1.15. The molecule has 0 radical (unpaired) electrons. The number of carbonyl (C=O) groups excluding carboxylic acids is 2. The predicted octanol–water partition coefficient (Wildman–Crippen LogP) is 0.850. The van der Waals surface area contributed by atoms with Crippen LogP contribution in [-0.4, -0.2) is 73.3 Å². The van der Waals surface area contributed by atoms with Gasteiger partial charge in [0.05, 0.1) is 0 Å². The van der Waals surface area contributed by atoms with E-state index in [1.807, 2.05) is 37.4 Å². The molecular weight excluding hydrogens is 278 g/mol. The smallest absolute Gasteiger partial charge is 0.246 e. The molecule has 0 saturated carbocycles. The average molecular weight is 303 g/mol. The number of piperazine rings is 1. The van der Waals surface area contributed by atoms with Crippen LogP contribution in [0.5, 0.6) is 0 Å². The molecule has 1 aromatic rings. The second-order valence-electron chi connectivity index (χ2n) is 6.08. The summed E-state index contributed by atoms with van der Waals surface area (Å²) in [4.78, 5) is 30.3. The summed E-state index contributed by atoms with van der Waals surface area (Å²) in [7, 11) is 5.47. The van der Waals surface area contributed by atoms with Crippen molar-refractivity contribution in [2.24, 2.45) is 0 Å². The van der Waals surface area contributed by atoms with Crippen molar-refractivity contribution in [2.45, 2.75) is 18.9 Å². The lowest BCUT2D eigenvalue weighted by Gasteiger charge is -2.40. The van der Waals surface area contributed by atoms with Gasteiger partial charge in [0, 0.05) is 40.2 Å². The molecular formula is C17H25N3O2. The molecule has 1 atom stereocenters. The number of benzene rings is 1. The van der Waals surface area contributed by atoms with Crippen molar-refractivity contribution >= 4 is 11.8 Å². The van der Waals surface area contributed by atoms with Crippen LogP contribution in [0.25, 0.3) is 0 Å². The molecule has 5 nitrogen and oxygen atoms in total. The highest BCUT2D eigenvalue weighted by atomic mass is 16.2. The summed E-state index contributed by atoms with van der Waals surface area (Å²) in [5.74, 6) is 0.0664. The van der Waals surface area contributed by atoms with Crippen molar-refractivity contribution in [1.82, 2.24) is 14.7 Å². The number of aryl methyl sites for hydroxylation is 1. The Balaban J connectivity index is 2.00. The Morgan fingerprint density at radius 1 is 1.18 bits per heavy atom. The van der Waals surface area contributed by atoms with Crippen LogP contribution < -0.4 is 0 Å². The summed E-state index contributed by atoms with van der Waals surface area (Å²) in [6.45, 7) is 2.04. The van der Waals surface area contributed by atoms with Gasteiger partial charge in [-0.25, -0.2) is 0 Å². The molecule has 1 aromatic carbocycles. The summed E-state index contributed by atoms with van der Waals surface area (Å²) < 4.78 is 0. The molecule has 0 unspecified atom stereocenters. The Labute approximate surface area is 132 Å². The van der Waals surface area contributed by atoms with Crippen LogP contribution in [0.4, 0.5) is 0 Å². The molecule has 120 valence electrons. The quantitative estimate of drug-likeness (QED) is 0.828. The maximum Gasteiger partial charge on any atom is 0.246 e. The average Bonchev–Trinajstić information content (AvgIpc) is 2.52. The van der Waals surface area contributed by atoms with Gasteiger partial charge in [0.15, 0.2) is 0 Å². The monoisotopic (exact) mass is 303 g/mol. The third kappa shape index (κ3) is 4.07. The van der Waals surface area contributed by atoms with Crippen molar-refractivity contribution in [3.8, 4) is 0 Å². The van der Waals surface area contributed by atoms with Crippen molar-refractivity contribution in [2.75, 3.05) is 40.8 Å². The van der Waals surface area contributed by atoms with E-state index in [0.717, 1.165) is 18.5 Å². The molecule has 1 aliphatic rings. The minimum absolute atomic E-state index is 0.000360. The van der Waals surface area contributed by atoms with Gasteiger partial charge in [-0.15, -0.1) is 0 Å². The number of likely N-dealkylation sites (N-methyl/N-ethyl adjacent to an activating group) is 2. The lowest BCUT2D eigenvalue weighted by molar-refractivity contribution is -0.147. The molecule has 0 aromatic heterocycles. The number of rotatable bonds is 4. The van der Waals surface area contributed by atoms with E-state index in [2.05, 4.69) is 4.90 Å². The van der Waals surface area contributed by atoms with Gasteiger partial charge in [0.1, 0.15) is 6.04 Å². The Morgan fingerprint density at radius 3 is 2.50 bits per heavy atom. The van der Waals surface area contributed by atoms with Crippen molar-refractivity contribution < 1.29 is 9.59 Å². The molecule has 0 spiro atoms. The Morgan fingerprint density at radius 2 is 1.86 bits per heavy atom. The van der Waals surface area contributed by atoms with E-state index in [1.54, 1.807) is 23.9 Å². The first-order valence-electron chi connectivity index (χ1n) is 7.72. The molecule has 0 bridgehead atoms. The Kier molecular flexibility index (Phi) is 5.55. The number of hydrogen-bond donors (Lipinski definition) is 0. The maximum atomic E-state index is 12.6. The van der Waals surface area contributed by atoms with Crippen molar-refractivity contribution in [3.63, 3.8) is 0 Å². The molecule has 2 amide bonds. The minimum Gasteiger partial charge on any atom is -0.347 e. The summed E-state index contributed by atoms with van der Waals surface area (Å²) in [5, 5.41) is 0. The third-order valence-electron chi connectivity index (χ3n) is 4.10. The zero-order valence-corrected chi connectivity index (χ0v) is 13.7. The summed E-state index contributed by atoms with van der Waals surface area (Å²) >= 11 is 0. The topological polar surface area (TPSA) is 43.9 Å². The highest BCUT2D eigenvalue weighted by Gasteiger charge is 2.34. The lowest BCUT2D eigenvalue weighted by atomic mass is 10.1. The molecule has 1 heterocycles. The first kappa shape index (κ1) is 16.5. The van der Waals surface area contributed by atoms with Crippen LogP contribution in [0.15, 0.2) is 30.3 Å². The van der Waals surface area contributed by atoms with Gasteiger partial charge in [-0.3, -0.25) is 9.59 Å². The Hall–Kier alpha value is -1.88. The first-order valence-corrected chi connectivity index (χ1v) is 7.72. The molecule has 22 heavy (non-hydrogen) atoms. The number of amides is 2. The highest BCUT2D eigenvalue weighted by molar-refractivity contribution is 5.88. The second kappa shape index (κ2) is 7.40. The zero-order chi connectivity index (χ0) is 16.1. The highest BCUT2D eigenvalue weighted by Crippen LogP contribution is 2.14. The van der Waals surface area contributed by atoms with Gasteiger partial charge >= 0.3 is 0 Å². The van der Waals surface area contributed by atoms with Crippen LogP contribution >= 0.6 is 0 Å². The van der Waals surface area contributed by atoms with Gasteiger partial charge in [0.25, 0.3) is 0 Å². The van der Waals surface area contributed by atoms with Crippen LogP contribution in [-0.2, 0) is 16.0 Å². The third-order valence-corrected chi connectivity index (χ3v) is 4.10. The predicted molar refractivity (Wildman–Crippen MR) is 86.5 cm³/mol. The maximum absolute atomic E-state index is 12.6. The second-order valence-corrected chi connectivity index (χ2v) is 6.08. The van der Waals surface area contributed by atoms with E-state index in [0.29, 0.717) is 19.5 Å². The first-order chi connectivity index (χ1) is 10.5. The van der Waals surface area contributed by atoms with Crippen LogP contribution in [0, 0.1) is 0 Å². The standard InChI is InChI=1S/C17H25N3O2/c1-18(2)17(22)15-13-19(3)11-12-20(15)16(21)10-9-14-7-5-4-6-8-14/h4-8,15H,9-13H2,1-3H3/t15-/m0/s1. The summed E-state index contributed by atoms with van der Waals surface area (Å²) in [6, 6.07) is 9.62. The normalized spacial score (nSPS) is 19.0. The van der Waals surface area contributed by atoms with Gasteiger partial charge in [-0.05, 0) is 19.0 Å². The number of nitrogens with zero attached hydrogens (tertiary/aromatic N) is 3. The molecule has 0 aliphatic carbocycles. The van der Waals surface area contributed by atoms with Crippen LogP contribution in [0.3, 0.4) is 0 Å². The van der Waals surface area contributed by atoms with E-state index >= 15 is 0 Å². The zero-order valence-electron chi connectivity index (χ0n) is 13.7. The summed E-state index contributed by atoms with van der Waals surface area (Å²) in [6.07, 6.45) is 1.17. The van der Waals surface area contributed by atoms with E-state index < -0.39 is 0 Å². The lowest BCUT2D eigenvalue weighted by Crippen LogP contribution is -2.59. The van der Waals surface area contributed by atoms with Crippen LogP contribution in [0.1, 0.15) is 12.0 Å². The molecule has 1 saturated heterocycles. The van der Waals surface area contributed by atoms with E-state index in [-0.39, 0.29) is 17.9 Å². The molecule has 5 heteroatoms. The van der Waals surface area contributed by atoms with Crippen molar-refractivity contribution in [3.05, 3.63) is 35.9 Å². The Bertz CT molecular complexity index is 516. The molecule has 1 aliphatic heterocycles. The fourth-order valence-electron chi connectivity index (χ4n) is 2.77. The van der Waals surface area contributed by atoms with Gasteiger partial charge in [-0.2, -0.15) is 0 Å². The van der Waals surface area contributed by atoms with Gasteiger partial charge < -0.3 is 14.7 Å². The molecule has 2 rings (SSSR count). The van der Waals surface area contributed by atoms with E-state index in [1.165, 1.54) is 0 Å². The largest absolute Gasteiger partial charge is 0.347 e. The number of carbonyl (C=O) groups is 2. The van der Waals surface area contributed by atoms with Crippen molar-refractivity contribution in [1.29, 1.82) is 0 Å². The van der Waals surface area contributed by atoms with Gasteiger partial charge in [-0.1, -0.05) is 30.3 Å². The van der Waals surface area contributed by atoms with Crippen LogP contribution in [0.2, 0.25) is 0 Å². The SMILES string of the molecule is CN1CCN(C(=O)CCc2ccccc2)[C@H](C(=O)N(C)C)C1. The number of hydrogen-bond acceptors (Lipinski definition) is 3. The van der Waals surface area contributed by atoms with E-state index in [4.69, 9.17) is 0 Å². The van der Waals surface area contributed by atoms with E-state index in [9.17, 15) is 9.59 Å². The molecule has 1 fully saturated rings. The fraction of sp³-hybridized carbons (Fsp3) is 0.529. The fourth-order valence-corrected chi connectivity index (χ4v) is 2.77.